The van der Waals surface area contributed by atoms with E-state index in [0.29, 0.717) is 6.42 Å². The van der Waals surface area contributed by atoms with Gasteiger partial charge in [0.15, 0.2) is 0 Å². The van der Waals surface area contributed by atoms with E-state index in [9.17, 15) is 4.79 Å². The molecule has 0 spiro atoms. The Morgan fingerprint density at radius 2 is 2.29 bits per heavy atom. The summed E-state index contributed by atoms with van der Waals surface area (Å²) in [5.41, 5.74) is 3.68. The number of nitrogens with zero attached hydrogens (tertiary/aromatic N) is 1. The molecule has 1 aliphatic heterocycles. The quantitative estimate of drug-likeness (QED) is 0.748. The SMILES string of the molecule is COc1c(C(C)CC=O)ccc2c1CCN2C. The van der Waals surface area contributed by atoms with E-state index >= 15 is 0 Å². The minimum atomic E-state index is 0.221. The predicted octanol–water partition coefficient (Wildman–Crippen LogP) is 2.38. The Labute approximate surface area is 102 Å². The largest absolute Gasteiger partial charge is 0.496 e. The van der Waals surface area contributed by atoms with Gasteiger partial charge in [0.05, 0.1) is 7.11 Å². The molecule has 0 fully saturated rings. The third-order valence-corrected chi connectivity index (χ3v) is 3.56. The first-order chi connectivity index (χ1) is 8.19. The van der Waals surface area contributed by atoms with Crippen molar-refractivity contribution >= 4 is 12.0 Å². The van der Waals surface area contributed by atoms with Gasteiger partial charge in [-0.2, -0.15) is 0 Å². The van der Waals surface area contributed by atoms with Crippen LogP contribution in [0, 0.1) is 0 Å². The summed E-state index contributed by atoms with van der Waals surface area (Å²) >= 11 is 0. The van der Waals surface area contributed by atoms with E-state index in [1.807, 2.05) is 0 Å². The maximum absolute atomic E-state index is 10.6. The van der Waals surface area contributed by atoms with Gasteiger partial charge in [-0.15, -0.1) is 0 Å². The molecule has 1 aromatic carbocycles. The van der Waals surface area contributed by atoms with Crippen LogP contribution in [-0.4, -0.2) is 27.0 Å². The zero-order valence-corrected chi connectivity index (χ0v) is 10.7. The van der Waals surface area contributed by atoms with E-state index in [2.05, 4.69) is 31.0 Å². The second-order valence-corrected chi connectivity index (χ2v) is 4.66. The Bertz CT molecular complexity index is 428. The number of anilines is 1. The second-order valence-electron chi connectivity index (χ2n) is 4.66. The number of fused-ring (bicyclic) bond motifs is 1. The molecule has 0 saturated heterocycles. The smallest absolute Gasteiger partial charge is 0.127 e. The molecular formula is C14H19NO2. The van der Waals surface area contributed by atoms with Gasteiger partial charge >= 0.3 is 0 Å². The molecule has 3 nitrogen and oxygen atoms in total. The average molecular weight is 233 g/mol. The zero-order valence-electron chi connectivity index (χ0n) is 10.7. The molecule has 0 bridgehead atoms. The minimum Gasteiger partial charge on any atom is -0.496 e. The number of rotatable bonds is 4. The summed E-state index contributed by atoms with van der Waals surface area (Å²) in [4.78, 5) is 12.9. The van der Waals surface area contributed by atoms with Crippen molar-refractivity contribution in [2.75, 3.05) is 25.6 Å². The highest BCUT2D eigenvalue weighted by molar-refractivity contribution is 5.66. The number of benzene rings is 1. The van der Waals surface area contributed by atoms with Crippen LogP contribution in [0.25, 0.3) is 0 Å². The zero-order chi connectivity index (χ0) is 12.4. The van der Waals surface area contributed by atoms with Gasteiger partial charge in [-0.3, -0.25) is 0 Å². The lowest BCUT2D eigenvalue weighted by atomic mass is 9.94. The molecular weight excluding hydrogens is 214 g/mol. The van der Waals surface area contributed by atoms with E-state index in [1.54, 1.807) is 7.11 Å². The van der Waals surface area contributed by atoms with Gasteiger partial charge in [0.2, 0.25) is 0 Å². The molecule has 0 radical (unpaired) electrons. The Kier molecular flexibility index (Phi) is 3.36. The standard InChI is InChI=1S/C14H19NO2/c1-10(7-9-16)11-4-5-13-12(14(11)17-3)6-8-15(13)2/h4-5,9-10H,6-8H2,1-3H3. The molecule has 0 aliphatic carbocycles. The fraction of sp³-hybridized carbons (Fsp3) is 0.500. The molecule has 0 amide bonds. The summed E-state index contributed by atoms with van der Waals surface area (Å²) in [6.07, 6.45) is 2.55. The molecule has 1 aromatic rings. The topological polar surface area (TPSA) is 29.5 Å². The van der Waals surface area contributed by atoms with Crippen molar-refractivity contribution in [1.82, 2.24) is 0 Å². The van der Waals surface area contributed by atoms with Gasteiger partial charge < -0.3 is 14.4 Å². The molecule has 0 saturated carbocycles. The summed E-state index contributed by atoms with van der Waals surface area (Å²) in [7, 11) is 3.81. The van der Waals surface area contributed by atoms with Gasteiger partial charge in [-0.05, 0) is 24.0 Å². The van der Waals surface area contributed by atoms with E-state index in [1.165, 1.54) is 11.3 Å². The summed E-state index contributed by atoms with van der Waals surface area (Å²) < 4.78 is 5.56. The maximum atomic E-state index is 10.6. The van der Waals surface area contributed by atoms with E-state index < -0.39 is 0 Å². The third kappa shape index (κ3) is 2.02. The van der Waals surface area contributed by atoms with Crippen molar-refractivity contribution in [2.45, 2.75) is 25.7 Å². The first-order valence-electron chi connectivity index (χ1n) is 6.03. The van der Waals surface area contributed by atoms with Crippen LogP contribution >= 0.6 is 0 Å². The number of carbonyl (C=O) groups excluding carboxylic acids is 1. The Hall–Kier alpha value is -1.51. The van der Waals surface area contributed by atoms with Crippen molar-refractivity contribution in [3.8, 4) is 5.75 Å². The third-order valence-electron chi connectivity index (χ3n) is 3.56. The number of methoxy groups -OCH3 is 1. The van der Waals surface area contributed by atoms with Gasteiger partial charge in [-0.1, -0.05) is 13.0 Å². The highest BCUT2D eigenvalue weighted by Crippen LogP contribution is 2.40. The van der Waals surface area contributed by atoms with Gasteiger partial charge in [0, 0.05) is 31.3 Å². The Morgan fingerprint density at radius 1 is 1.53 bits per heavy atom. The summed E-state index contributed by atoms with van der Waals surface area (Å²) in [5, 5.41) is 0. The van der Waals surface area contributed by atoms with E-state index in [0.717, 1.165) is 30.6 Å². The van der Waals surface area contributed by atoms with Gasteiger partial charge in [-0.25, -0.2) is 0 Å². The summed E-state index contributed by atoms with van der Waals surface area (Å²) in [6, 6.07) is 4.23. The number of hydrogen-bond acceptors (Lipinski definition) is 3. The fourth-order valence-electron chi connectivity index (χ4n) is 2.54. The van der Waals surface area contributed by atoms with Crippen molar-refractivity contribution < 1.29 is 9.53 Å². The maximum Gasteiger partial charge on any atom is 0.127 e. The highest BCUT2D eigenvalue weighted by Gasteiger charge is 2.23. The van der Waals surface area contributed by atoms with Crippen molar-refractivity contribution in [2.24, 2.45) is 0 Å². The van der Waals surface area contributed by atoms with Crippen LogP contribution in [0.5, 0.6) is 5.75 Å². The van der Waals surface area contributed by atoms with Crippen LogP contribution in [0.2, 0.25) is 0 Å². The first-order valence-corrected chi connectivity index (χ1v) is 6.03. The molecule has 1 atom stereocenters. The summed E-state index contributed by atoms with van der Waals surface area (Å²) in [5.74, 6) is 1.19. The summed E-state index contributed by atoms with van der Waals surface area (Å²) in [6.45, 7) is 3.11. The van der Waals surface area contributed by atoms with Gasteiger partial charge in [0.1, 0.15) is 12.0 Å². The van der Waals surface area contributed by atoms with Crippen LogP contribution < -0.4 is 9.64 Å². The molecule has 1 unspecified atom stereocenters. The molecule has 0 aromatic heterocycles. The van der Waals surface area contributed by atoms with Crippen molar-refractivity contribution in [3.05, 3.63) is 23.3 Å². The van der Waals surface area contributed by atoms with Crippen molar-refractivity contribution in [1.29, 1.82) is 0 Å². The molecule has 1 heterocycles. The van der Waals surface area contributed by atoms with Crippen LogP contribution in [0.1, 0.15) is 30.4 Å². The molecule has 0 N–H and O–H groups in total. The number of likely N-dealkylation sites (N-methyl/N-ethyl adjacent to an activating group) is 1. The molecule has 92 valence electrons. The number of carbonyl (C=O) groups is 1. The van der Waals surface area contributed by atoms with E-state index in [4.69, 9.17) is 4.74 Å². The lowest BCUT2D eigenvalue weighted by Crippen LogP contribution is -2.12. The molecule has 1 aliphatic rings. The Morgan fingerprint density at radius 3 is 2.94 bits per heavy atom. The molecule has 2 rings (SSSR count). The predicted molar refractivity (Wildman–Crippen MR) is 69.1 cm³/mol. The van der Waals surface area contributed by atoms with Crippen LogP contribution in [0.4, 0.5) is 5.69 Å². The van der Waals surface area contributed by atoms with E-state index in [-0.39, 0.29) is 5.92 Å². The molecule has 17 heavy (non-hydrogen) atoms. The highest BCUT2D eigenvalue weighted by atomic mass is 16.5. The van der Waals surface area contributed by atoms with Crippen LogP contribution in [-0.2, 0) is 11.2 Å². The monoisotopic (exact) mass is 233 g/mol. The van der Waals surface area contributed by atoms with Crippen LogP contribution in [0.3, 0.4) is 0 Å². The fourth-order valence-corrected chi connectivity index (χ4v) is 2.54. The van der Waals surface area contributed by atoms with Crippen LogP contribution in [0.15, 0.2) is 12.1 Å². The Balaban J connectivity index is 2.45. The average Bonchev–Trinajstić information content (AvgIpc) is 2.70. The first kappa shape index (κ1) is 12.0. The molecule has 3 heteroatoms. The minimum absolute atomic E-state index is 0.221. The number of aldehydes is 1. The second kappa shape index (κ2) is 4.78. The van der Waals surface area contributed by atoms with Crippen molar-refractivity contribution in [3.63, 3.8) is 0 Å². The number of ether oxygens (including phenoxy) is 1. The lowest BCUT2D eigenvalue weighted by molar-refractivity contribution is -0.108. The normalized spacial score (nSPS) is 15.6. The lowest BCUT2D eigenvalue weighted by Gasteiger charge is -2.18. The van der Waals surface area contributed by atoms with Gasteiger partial charge in [0.25, 0.3) is 0 Å². The number of hydrogen-bond donors (Lipinski definition) is 0.